The lowest BCUT2D eigenvalue weighted by molar-refractivity contribution is 0.248. The third kappa shape index (κ3) is 4.41. The smallest absolute Gasteiger partial charge is 0.188 e. The predicted molar refractivity (Wildman–Crippen MR) is 110 cm³/mol. The van der Waals surface area contributed by atoms with E-state index in [0.29, 0.717) is 17.4 Å². The first kappa shape index (κ1) is 18.7. The van der Waals surface area contributed by atoms with Gasteiger partial charge in [0, 0.05) is 18.0 Å². The Morgan fingerprint density at radius 1 is 1.39 bits per heavy atom. The van der Waals surface area contributed by atoms with Crippen LogP contribution >= 0.6 is 11.3 Å². The number of aromatic nitrogens is 2. The molecule has 4 heterocycles. The molecule has 0 aromatic carbocycles. The summed E-state index contributed by atoms with van der Waals surface area (Å²) in [7, 11) is 0. The van der Waals surface area contributed by atoms with Crippen molar-refractivity contribution in [1.82, 2.24) is 14.9 Å². The normalized spacial score (nSPS) is 16.9. The minimum atomic E-state index is 0.378. The van der Waals surface area contributed by atoms with Gasteiger partial charge in [-0.05, 0) is 63.5 Å². The molecule has 7 heteroatoms. The van der Waals surface area contributed by atoms with E-state index in [4.69, 9.17) is 14.7 Å². The minimum Gasteiger partial charge on any atom is -0.466 e. The molecule has 0 aliphatic carbocycles. The van der Waals surface area contributed by atoms with Crippen LogP contribution in [-0.2, 0) is 6.42 Å². The maximum absolute atomic E-state index is 9.02. The zero-order valence-electron chi connectivity index (χ0n) is 15.9. The molecule has 1 saturated heterocycles. The van der Waals surface area contributed by atoms with Gasteiger partial charge in [0.1, 0.15) is 17.3 Å². The number of nitrogens with zero attached hydrogens (tertiary/aromatic N) is 4. The van der Waals surface area contributed by atoms with Crippen molar-refractivity contribution in [2.24, 2.45) is 0 Å². The molecular weight excluding hydrogens is 370 g/mol. The maximum Gasteiger partial charge on any atom is 0.188 e. The number of nitriles is 1. The van der Waals surface area contributed by atoms with E-state index >= 15 is 0 Å². The molecule has 0 amide bonds. The predicted octanol–water partition coefficient (Wildman–Crippen LogP) is 4.82. The quantitative estimate of drug-likeness (QED) is 0.620. The highest BCUT2D eigenvalue weighted by Gasteiger charge is 2.27. The Kier molecular flexibility index (Phi) is 5.70. The lowest BCUT2D eigenvalue weighted by atomic mass is 10.1. The number of thiazole rings is 1. The summed E-state index contributed by atoms with van der Waals surface area (Å²) in [5.41, 5.74) is 1.71. The number of rotatable bonds is 7. The van der Waals surface area contributed by atoms with Crippen LogP contribution in [0.3, 0.4) is 0 Å². The molecule has 0 radical (unpaired) electrons. The van der Waals surface area contributed by atoms with E-state index in [0.717, 1.165) is 54.7 Å². The molecule has 3 aromatic rings. The fourth-order valence-electron chi connectivity index (χ4n) is 3.68. The number of anilines is 2. The molecule has 1 fully saturated rings. The van der Waals surface area contributed by atoms with Gasteiger partial charge in [-0.2, -0.15) is 5.26 Å². The number of hydrogen-bond acceptors (Lipinski definition) is 7. The van der Waals surface area contributed by atoms with Gasteiger partial charge in [-0.25, -0.2) is 9.97 Å². The molecule has 0 saturated carbocycles. The van der Waals surface area contributed by atoms with Gasteiger partial charge in [-0.1, -0.05) is 0 Å². The van der Waals surface area contributed by atoms with Gasteiger partial charge < -0.3 is 9.73 Å². The van der Waals surface area contributed by atoms with Crippen LogP contribution in [0.25, 0.3) is 0 Å². The molecule has 1 aliphatic rings. The average molecular weight is 394 g/mol. The van der Waals surface area contributed by atoms with Crippen LogP contribution in [0.2, 0.25) is 0 Å². The maximum atomic E-state index is 9.02. The number of hydrogen-bond donors (Lipinski definition) is 1. The third-order valence-electron chi connectivity index (χ3n) is 5.02. The van der Waals surface area contributed by atoms with Crippen LogP contribution in [0.15, 0.2) is 40.3 Å². The van der Waals surface area contributed by atoms with Crippen molar-refractivity contribution in [3.8, 4) is 6.07 Å². The molecule has 6 nitrogen and oxygen atoms in total. The van der Waals surface area contributed by atoms with Crippen LogP contribution < -0.4 is 5.32 Å². The van der Waals surface area contributed by atoms with Crippen molar-refractivity contribution in [2.75, 3.05) is 18.4 Å². The molecule has 1 atom stereocenters. The first-order valence-electron chi connectivity index (χ1n) is 9.59. The Morgan fingerprint density at radius 3 is 3.14 bits per heavy atom. The van der Waals surface area contributed by atoms with Crippen molar-refractivity contribution in [1.29, 1.82) is 5.26 Å². The summed E-state index contributed by atoms with van der Waals surface area (Å²) in [6.07, 6.45) is 6.04. The van der Waals surface area contributed by atoms with Gasteiger partial charge in [0.05, 0.1) is 23.4 Å². The SMILES string of the molecule is Cc1ccc(CCCN2CCC[C@@H]2c2csc(Nc3cc(C#N)ccn3)n2)o1. The number of likely N-dealkylation sites (tertiary alicyclic amines) is 1. The lowest BCUT2D eigenvalue weighted by Gasteiger charge is -2.22. The molecule has 0 unspecified atom stereocenters. The first-order chi connectivity index (χ1) is 13.7. The van der Waals surface area contributed by atoms with Crippen molar-refractivity contribution >= 4 is 22.3 Å². The average Bonchev–Trinajstić information content (AvgIpc) is 3.43. The van der Waals surface area contributed by atoms with Crippen LogP contribution in [-0.4, -0.2) is 28.0 Å². The van der Waals surface area contributed by atoms with E-state index < -0.39 is 0 Å². The monoisotopic (exact) mass is 393 g/mol. The molecule has 1 aliphatic heterocycles. The number of nitrogens with one attached hydrogen (secondary N) is 1. The Hall–Kier alpha value is -2.69. The van der Waals surface area contributed by atoms with Gasteiger partial charge in [-0.3, -0.25) is 4.90 Å². The Labute approximate surface area is 168 Å². The highest BCUT2D eigenvalue weighted by molar-refractivity contribution is 7.13. The van der Waals surface area contributed by atoms with Crippen LogP contribution in [0, 0.1) is 18.3 Å². The van der Waals surface area contributed by atoms with Gasteiger partial charge in [0.25, 0.3) is 0 Å². The second kappa shape index (κ2) is 8.55. The summed E-state index contributed by atoms with van der Waals surface area (Å²) in [5.74, 6) is 2.70. The highest BCUT2D eigenvalue weighted by atomic mass is 32.1. The molecule has 4 rings (SSSR count). The number of aryl methyl sites for hydroxylation is 2. The molecule has 0 spiro atoms. The zero-order chi connectivity index (χ0) is 19.3. The van der Waals surface area contributed by atoms with Crippen molar-refractivity contribution < 1.29 is 4.42 Å². The molecule has 144 valence electrons. The van der Waals surface area contributed by atoms with Gasteiger partial charge in [-0.15, -0.1) is 11.3 Å². The summed E-state index contributed by atoms with van der Waals surface area (Å²) < 4.78 is 5.67. The van der Waals surface area contributed by atoms with Crippen molar-refractivity contribution in [3.63, 3.8) is 0 Å². The molecule has 0 bridgehead atoms. The molecule has 3 aromatic heterocycles. The largest absolute Gasteiger partial charge is 0.466 e. The molecule has 28 heavy (non-hydrogen) atoms. The van der Waals surface area contributed by atoms with E-state index in [9.17, 15) is 0 Å². The molecular formula is C21H23N5OS. The number of pyridine rings is 1. The van der Waals surface area contributed by atoms with E-state index in [1.807, 2.05) is 13.0 Å². The Balaban J connectivity index is 1.36. The highest BCUT2D eigenvalue weighted by Crippen LogP contribution is 2.34. The first-order valence-corrected chi connectivity index (χ1v) is 10.5. The fraction of sp³-hybridized carbons (Fsp3) is 0.381. The summed E-state index contributed by atoms with van der Waals surface area (Å²) in [5, 5.41) is 15.2. The van der Waals surface area contributed by atoms with E-state index in [-0.39, 0.29) is 0 Å². The van der Waals surface area contributed by atoms with Crippen molar-refractivity contribution in [3.05, 3.63) is 58.6 Å². The third-order valence-corrected chi connectivity index (χ3v) is 5.79. The standard InChI is InChI=1S/C21H23N5OS/c1-15-6-7-17(27-15)4-2-10-26-11-3-5-19(26)18-14-28-21(24-18)25-20-12-16(13-22)8-9-23-20/h6-9,12,14,19H,2-5,10-11H2,1H3,(H,23,24,25)/t19-/m1/s1. The Bertz CT molecular complexity index is 973. The topological polar surface area (TPSA) is 78.0 Å². The second-order valence-corrected chi connectivity index (χ2v) is 7.91. The summed E-state index contributed by atoms with van der Waals surface area (Å²) in [6, 6.07) is 10.0. The zero-order valence-corrected chi connectivity index (χ0v) is 16.7. The fourth-order valence-corrected chi connectivity index (χ4v) is 4.44. The second-order valence-electron chi connectivity index (χ2n) is 7.05. The van der Waals surface area contributed by atoms with Crippen LogP contribution in [0.1, 0.15) is 48.1 Å². The van der Waals surface area contributed by atoms with Crippen LogP contribution in [0.5, 0.6) is 0 Å². The van der Waals surface area contributed by atoms with Gasteiger partial charge in [0.2, 0.25) is 0 Å². The number of furan rings is 1. The van der Waals surface area contributed by atoms with E-state index in [1.165, 1.54) is 6.42 Å². The summed E-state index contributed by atoms with van der Waals surface area (Å²) in [4.78, 5) is 11.6. The van der Waals surface area contributed by atoms with E-state index in [2.05, 4.69) is 32.7 Å². The Morgan fingerprint density at radius 2 is 2.32 bits per heavy atom. The van der Waals surface area contributed by atoms with E-state index in [1.54, 1.807) is 29.7 Å². The van der Waals surface area contributed by atoms with Crippen LogP contribution in [0.4, 0.5) is 10.9 Å². The lowest BCUT2D eigenvalue weighted by Crippen LogP contribution is -2.25. The van der Waals surface area contributed by atoms with Gasteiger partial charge in [0.15, 0.2) is 5.13 Å². The summed E-state index contributed by atoms with van der Waals surface area (Å²) in [6.45, 7) is 4.16. The molecule has 1 N–H and O–H groups in total. The van der Waals surface area contributed by atoms with Gasteiger partial charge >= 0.3 is 0 Å². The minimum absolute atomic E-state index is 0.378. The van der Waals surface area contributed by atoms with Crippen molar-refractivity contribution in [2.45, 2.75) is 38.6 Å². The summed E-state index contributed by atoms with van der Waals surface area (Å²) >= 11 is 1.58.